The highest BCUT2D eigenvalue weighted by Gasteiger charge is 2.17. The number of allylic oxidation sites excluding steroid dienone is 4. The van der Waals surface area contributed by atoms with Crippen LogP contribution >= 0.6 is 11.9 Å². The minimum absolute atomic E-state index is 0.726. The standard InChI is InChI=1S/C26H31N3OS/c1-8-10-13-23(9-2)31-28-22(6)27-29(25-17-16-19(3)18-20(25)4)21(5)24-14-11-12-15-26(24)30-7/h8-18H,2,5H2,1,3-4,6-7H3,(H,27,28)/b10-8-,23-13+. The number of para-hydroxylation sites is 1. The van der Waals surface area contributed by atoms with Gasteiger partial charge in [-0.05, 0) is 69.5 Å². The summed E-state index contributed by atoms with van der Waals surface area (Å²) in [6, 6.07) is 14.1. The number of rotatable bonds is 9. The van der Waals surface area contributed by atoms with Gasteiger partial charge in [-0.3, -0.25) is 0 Å². The van der Waals surface area contributed by atoms with Crippen LogP contribution in [0, 0.1) is 13.8 Å². The van der Waals surface area contributed by atoms with Gasteiger partial charge in [-0.15, -0.1) is 0 Å². The fraction of sp³-hybridized carbons (Fsp3) is 0.192. The Labute approximate surface area is 190 Å². The van der Waals surface area contributed by atoms with Crippen molar-refractivity contribution in [2.45, 2.75) is 27.7 Å². The van der Waals surface area contributed by atoms with Crippen LogP contribution in [0.3, 0.4) is 0 Å². The monoisotopic (exact) mass is 433 g/mol. The molecule has 0 spiro atoms. The highest BCUT2D eigenvalue weighted by molar-refractivity contribution is 8.01. The maximum absolute atomic E-state index is 5.56. The summed E-state index contributed by atoms with van der Waals surface area (Å²) < 4.78 is 8.84. The summed E-state index contributed by atoms with van der Waals surface area (Å²) >= 11 is 1.46. The number of hydrazone groups is 1. The Bertz CT molecular complexity index is 1020. The van der Waals surface area contributed by atoms with Crippen molar-refractivity contribution >= 4 is 29.2 Å². The van der Waals surface area contributed by atoms with Crippen LogP contribution in [0.1, 0.15) is 30.5 Å². The van der Waals surface area contributed by atoms with Crippen LogP contribution in [0.25, 0.3) is 5.70 Å². The third-order valence-electron chi connectivity index (χ3n) is 4.47. The summed E-state index contributed by atoms with van der Waals surface area (Å²) in [5, 5.41) is 6.72. The van der Waals surface area contributed by atoms with Gasteiger partial charge in [-0.25, -0.2) is 5.01 Å². The number of anilines is 1. The van der Waals surface area contributed by atoms with Crippen LogP contribution in [0.15, 0.2) is 89.9 Å². The molecule has 4 nitrogen and oxygen atoms in total. The number of nitrogens with one attached hydrogen (secondary N) is 1. The lowest BCUT2D eigenvalue weighted by atomic mass is 10.1. The molecule has 0 bridgehead atoms. The maximum atomic E-state index is 5.56. The average molecular weight is 434 g/mol. The zero-order chi connectivity index (χ0) is 22.8. The minimum Gasteiger partial charge on any atom is -0.496 e. The number of hydrogen-bond acceptors (Lipinski definition) is 4. The Balaban J connectivity index is 2.43. The lowest BCUT2D eigenvalue weighted by molar-refractivity contribution is 0.413. The van der Waals surface area contributed by atoms with E-state index >= 15 is 0 Å². The molecule has 31 heavy (non-hydrogen) atoms. The summed E-state index contributed by atoms with van der Waals surface area (Å²) in [5.74, 6) is 1.48. The van der Waals surface area contributed by atoms with Gasteiger partial charge in [0.2, 0.25) is 0 Å². The Morgan fingerprint density at radius 1 is 1.19 bits per heavy atom. The highest BCUT2D eigenvalue weighted by atomic mass is 32.2. The van der Waals surface area contributed by atoms with Crippen LogP contribution in [0.5, 0.6) is 5.75 Å². The molecular formula is C26H31N3OS. The SMILES string of the molecule is C=C/C(=C\C=C/C)SN/C(C)=N/N(C(=C)c1ccccc1OC)c1ccc(C)cc1C. The van der Waals surface area contributed by atoms with E-state index in [0.29, 0.717) is 0 Å². The van der Waals surface area contributed by atoms with Crippen molar-refractivity contribution in [3.63, 3.8) is 0 Å². The number of benzene rings is 2. The molecule has 2 aromatic rings. The van der Waals surface area contributed by atoms with Crippen LogP contribution in [-0.4, -0.2) is 12.9 Å². The molecular weight excluding hydrogens is 402 g/mol. The molecule has 0 aliphatic carbocycles. The first kappa shape index (κ1) is 24.1. The van der Waals surface area contributed by atoms with Crippen molar-refractivity contribution in [2.75, 3.05) is 12.1 Å². The topological polar surface area (TPSA) is 36.9 Å². The van der Waals surface area contributed by atoms with Gasteiger partial charge in [0.1, 0.15) is 11.6 Å². The molecule has 2 aromatic carbocycles. The lowest BCUT2D eigenvalue weighted by Crippen LogP contribution is -2.22. The van der Waals surface area contributed by atoms with E-state index in [1.54, 1.807) is 13.2 Å². The van der Waals surface area contributed by atoms with Gasteiger partial charge in [-0.2, -0.15) is 5.10 Å². The summed E-state index contributed by atoms with van der Waals surface area (Å²) in [6.07, 6.45) is 7.75. The van der Waals surface area contributed by atoms with Crippen molar-refractivity contribution in [3.8, 4) is 5.75 Å². The Kier molecular flexibility index (Phi) is 9.22. The average Bonchev–Trinajstić information content (AvgIpc) is 2.77. The molecule has 0 amide bonds. The molecule has 0 heterocycles. The molecule has 0 aromatic heterocycles. The number of aryl methyl sites for hydroxylation is 2. The molecule has 0 unspecified atom stereocenters. The lowest BCUT2D eigenvalue weighted by Gasteiger charge is -2.25. The summed E-state index contributed by atoms with van der Waals surface area (Å²) in [6.45, 7) is 16.3. The Morgan fingerprint density at radius 2 is 1.94 bits per heavy atom. The van der Waals surface area contributed by atoms with Gasteiger partial charge in [-0.1, -0.05) is 61.2 Å². The highest BCUT2D eigenvalue weighted by Crippen LogP contribution is 2.33. The van der Waals surface area contributed by atoms with Crippen LogP contribution in [-0.2, 0) is 0 Å². The third kappa shape index (κ3) is 6.66. The molecule has 0 aliphatic heterocycles. The van der Waals surface area contributed by atoms with E-state index in [9.17, 15) is 0 Å². The minimum atomic E-state index is 0.726. The van der Waals surface area contributed by atoms with E-state index in [1.165, 1.54) is 17.5 Å². The van der Waals surface area contributed by atoms with E-state index in [2.05, 4.69) is 49.9 Å². The van der Waals surface area contributed by atoms with Gasteiger partial charge in [0, 0.05) is 10.5 Å². The molecule has 0 atom stereocenters. The van der Waals surface area contributed by atoms with E-state index in [1.807, 2.05) is 61.3 Å². The van der Waals surface area contributed by atoms with E-state index in [0.717, 1.165) is 39.0 Å². The van der Waals surface area contributed by atoms with Crippen LogP contribution in [0.4, 0.5) is 5.69 Å². The second-order valence-electron chi connectivity index (χ2n) is 6.94. The molecule has 0 saturated carbocycles. The zero-order valence-corrected chi connectivity index (χ0v) is 19.8. The fourth-order valence-corrected chi connectivity index (χ4v) is 3.47. The maximum Gasteiger partial charge on any atom is 0.130 e. The number of ether oxygens (including phenoxy) is 1. The molecule has 0 fully saturated rings. The predicted octanol–water partition coefficient (Wildman–Crippen LogP) is 7.01. The number of hydrogen-bond donors (Lipinski definition) is 1. The largest absolute Gasteiger partial charge is 0.496 e. The van der Waals surface area contributed by atoms with Crippen molar-refractivity contribution < 1.29 is 4.74 Å². The van der Waals surface area contributed by atoms with Gasteiger partial charge in [0.05, 0.1) is 18.5 Å². The number of methoxy groups -OCH3 is 1. The van der Waals surface area contributed by atoms with Crippen molar-refractivity contribution in [2.24, 2.45) is 5.10 Å². The van der Waals surface area contributed by atoms with Crippen molar-refractivity contribution in [3.05, 3.63) is 102 Å². The summed E-state index contributed by atoms with van der Waals surface area (Å²) in [5.41, 5.74) is 4.88. The van der Waals surface area contributed by atoms with E-state index < -0.39 is 0 Å². The van der Waals surface area contributed by atoms with Crippen LogP contribution < -0.4 is 14.5 Å². The molecule has 162 valence electrons. The Morgan fingerprint density at radius 3 is 2.58 bits per heavy atom. The van der Waals surface area contributed by atoms with Gasteiger partial charge >= 0.3 is 0 Å². The normalized spacial score (nSPS) is 12.0. The third-order valence-corrected chi connectivity index (χ3v) is 5.41. The van der Waals surface area contributed by atoms with Gasteiger partial charge in [0.15, 0.2) is 0 Å². The van der Waals surface area contributed by atoms with E-state index in [4.69, 9.17) is 9.84 Å². The smallest absolute Gasteiger partial charge is 0.130 e. The predicted molar refractivity (Wildman–Crippen MR) is 137 cm³/mol. The first-order valence-corrected chi connectivity index (χ1v) is 10.9. The summed E-state index contributed by atoms with van der Waals surface area (Å²) in [7, 11) is 1.66. The second-order valence-corrected chi connectivity index (χ2v) is 7.82. The van der Waals surface area contributed by atoms with Gasteiger partial charge in [0.25, 0.3) is 0 Å². The molecule has 0 radical (unpaired) electrons. The second kappa shape index (κ2) is 11.9. The number of nitrogens with zero attached hydrogens (tertiary/aromatic N) is 2. The molecule has 1 N–H and O–H groups in total. The zero-order valence-electron chi connectivity index (χ0n) is 19.0. The molecule has 2 rings (SSSR count). The van der Waals surface area contributed by atoms with Crippen molar-refractivity contribution in [1.29, 1.82) is 0 Å². The summed E-state index contributed by atoms with van der Waals surface area (Å²) in [4.78, 5) is 0.995. The van der Waals surface area contributed by atoms with Crippen LogP contribution in [0.2, 0.25) is 0 Å². The number of amidine groups is 1. The van der Waals surface area contributed by atoms with E-state index in [-0.39, 0.29) is 0 Å². The van der Waals surface area contributed by atoms with Crippen molar-refractivity contribution in [1.82, 2.24) is 4.72 Å². The molecule has 0 saturated heterocycles. The van der Waals surface area contributed by atoms with Gasteiger partial charge < -0.3 is 9.46 Å². The first-order valence-electron chi connectivity index (χ1n) is 10.0. The Hall–Kier alpha value is -3.18. The first-order chi connectivity index (χ1) is 14.9. The molecule has 5 heteroatoms. The molecule has 0 aliphatic rings. The quantitative estimate of drug-likeness (QED) is 0.152. The fourth-order valence-electron chi connectivity index (χ4n) is 2.94.